The third kappa shape index (κ3) is 4.03. The van der Waals surface area contributed by atoms with Crippen molar-refractivity contribution in [3.8, 4) is 0 Å². The van der Waals surface area contributed by atoms with E-state index < -0.39 is 6.43 Å². The van der Waals surface area contributed by atoms with E-state index in [4.69, 9.17) is 4.74 Å². The van der Waals surface area contributed by atoms with Gasteiger partial charge < -0.3 is 10.1 Å². The predicted molar refractivity (Wildman–Crippen MR) is 66.6 cm³/mol. The maximum absolute atomic E-state index is 12.5. The molecule has 0 spiro atoms. The summed E-state index contributed by atoms with van der Waals surface area (Å²) in [5.41, 5.74) is 1.000. The quantitative estimate of drug-likeness (QED) is 0.872. The lowest BCUT2D eigenvalue weighted by atomic mass is 10.0. The molecule has 1 N–H and O–H groups in total. The highest BCUT2D eigenvalue weighted by Crippen LogP contribution is 2.19. The molecule has 1 unspecified atom stereocenters. The minimum absolute atomic E-state index is 0.0929. The van der Waals surface area contributed by atoms with E-state index in [9.17, 15) is 8.78 Å². The smallest absolute Gasteiger partial charge is 0.263 e. The Balaban J connectivity index is 1.77. The number of alkyl halides is 2. The first-order chi connectivity index (χ1) is 8.75. The standard InChI is InChI=1S/C14H19F2NO/c15-14(16)13-5-1-3-11(7-13)8-17-9-12-4-2-6-18-10-12/h1,3,5,7,12,14,17H,2,4,6,8-10H2. The summed E-state index contributed by atoms with van der Waals surface area (Å²) in [5, 5.41) is 3.31. The zero-order valence-electron chi connectivity index (χ0n) is 10.4. The highest BCUT2D eigenvalue weighted by atomic mass is 19.3. The third-order valence-corrected chi connectivity index (χ3v) is 3.22. The van der Waals surface area contributed by atoms with Gasteiger partial charge in [0.2, 0.25) is 0 Å². The van der Waals surface area contributed by atoms with E-state index in [1.807, 2.05) is 6.07 Å². The summed E-state index contributed by atoms with van der Waals surface area (Å²) < 4.78 is 30.4. The van der Waals surface area contributed by atoms with Crippen LogP contribution in [-0.4, -0.2) is 19.8 Å². The van der Waals surface area contributed by atoms with Crippen molar-refractivity contribution in [1.29, 1.82) is 0 Å². The molecule has 0 saturated carbocycles. The molecule has 1 aliphatic heterocycles. The Bertz CT molecular complexity index is 365. The zero-order valence-corrected chi connectivity index (χ0v) is 10.4. The second kappa shape index (κ2) is 6.81. The van der Waals surface area contributed by atoms with Crippen molar-refractivity contribution in [1.82, 2.24) is 5.32 Å². The molecule has 1 aromatic carbocycles. The van der Waals surface area contributed by atoms with E-state index >= 15 is 0 Å². The molecular formula is C14H19F2NO. The van der Waals surface area contributed by atoms with Gasteiger partial charge in [-0.2, -0.15) is 0 Å². The molecule has 18 heavy (non-hydrogen) atoms. The SMILES string of the molecule is FC(F)c1cccc(CNCC2CCCOC2)c1. The van der Waals surface area contributed by atoms with Gasteiger partial charge in [0.05, 0.1) is 6.61 Å². The normalized spacial score (nSPS) is 20.3. The van der Waals surface area contributed by atoms with Crippen molar-refractivity contribution in [2.24, 2.45) is 5.92 Å². The van der Waals surface area contributed by atoms with E-state index in [0.717, 1.165) is 31.7 Å². The Kier molecular flexibility index (Phi) is 5.08. The Hall–Kier alpha value is -1.00. The largest absolute Gasteiger partial charge is 0.381 e. The summed E-state index contributed by atoms with van der Waals surface area (Å²) in [7, 11) is 0. The van der Waals surface area contributed by atoms with Crippen LogP contribution in [0, 0.1) is 5.92 Å². The van der Waals surface area contributed by atoms with Crippen molar-refractivity contribution in [3.63, 3.8) is 0 Å². The molecule has 100 valence electrons. The molecule has 0 aliphatic carbocycles. The molecular weight excluding hydrogens is 236 g/mol. The molecule has 1 aliphatic rings. The minimum atomic E-state index is -2.39. The van der Waals surface area contributed by atoms with Crippen LogP contribution in [0.3, 0.4) is 0 Å². The average molecular weight is 255 g/mol. The summed E-state index contributed by atoms with van der Waals surface area (Å²) in [6.07, 6.45) is -0.0891. The van der Waals surface area contributed by atoms with Gasteiger partial charge in [0, 0.05) is 25.3 Å². The van der Waals surface area contributed by atoms with Gasteiger partial charge in [0.25, 0.3) is 6.43 Å². The molecule has 2 rings (SSSR count). The number of rotatable bonds is 5. The lowest BCUT2D eigenvalue weighted by Crippen LogP contribution is -2.28. The second-order valence-electron chi connectivity index (χ2n) is 4.76. The van der Waals surface area contributed by atoms with Crippen LogP contribution in [0.15, 0.2) is 24.3 Å². The molecule has 0 radical (unpaired) electrons. The van der Waals surface area contributed by atoms with Gasteiger partial charge in [-0.3, -0.25) is 0 Å². The lowest BCUT2D eigenvalue weighted by Gasteiger charge is -2.22. The van der Waals surface area contributed by atoms with Crippen LogP contribution in [0.4, 0.5) is 8.78 Å². The minimum Gasteiger partial charge on any atom is -0.381 e. The zero-order chi connectivity index (χ0) is 12.8. The van der Waals surface area contributed by atoms with Crippen LogP contribution in [-0.2, 0) is 11.3 Å². The number of benzene rings is 1. The highest BCUT2D eigenvalue weighted by molar-refractivity contribution is 5.24. The lowest BCUT2D eigenvalue weighted by molar-refractivity contribution is 0.0547. The van der Waals surface area contributed by atoms with E-state index in [0.29, 0.717) is 12.5 Å². The van der Waals surface area contributed by atoms with Gasteiger partial charge in [-0.05, 0) is 30.4 Å². The molecule has 0 amide bonds. The fourth-order valence-electron chi connectivity index (χ4n) is 2.23. The number of hydrogen-bond donors (Lipinski definition) is 1. The van der Waals surface area contributed by atoms with Gasteiger partial charge >= 0.3 is 0 Å². The fourth-order valence-corrected chi connectivity index (χ4v) is 2.23. The van der Waals surface area contributed by atoms with E-state index in [1.54, 1.807) is 12.1 Å². The number of halogens is 2. The molecule has 1 fully saturated rings. The second-order valence-corrected chi connectivity index (χ2v) is 4.76. The number of nitrogens with one attached hydrogen (secondary N) is 1. The maximum atomic E-state index is 12.5. The molecule has 4 heteroatoms. The van der Waals surface area contributed by atoms with Gasteiger partial charge in [-0.15, -0.1) is 0 Å². The predicted octanol–water partition coefficient (Wildman–Crippen LogP) is 3.14. The molecule has 0 aromatic heterocycles. The highest BCUT2D eigenvalue weighted by Gasteiger charge is 2.13. The molecule has 0 bridgehead atoms. The molecule has 2 nitrogen and oxygen atoms in total. The van der Waals surface area contributed by atoms with Crippen LogP contribution in [0.25, 0.3) is 0 Å². The van der Waals surface area contributed by atoms with Crippen LogP contribution >= 0.6 is 0 Å². The van der Waals surface area contributed by atoms with Crippen LogP contribution in [0.5, 0.6) is 0 Å². The van der Waals surface area contributed by atoms with Gasteiger partial charge in [0.1, 0.15) is 0 Å². The summed E-state index contributed by atoms with van der Waals surface area (Å²) in [6, 6.07) is 6.58. The molecule has 1 heterocycles. The van der Waals surface area contributed by atoms with Crippen LogP contribution < -0.4 is 5.32 Å². The topological polar surface area (TPSA) is 21.3 Å². The molecule has 1 atom stereocenters. The van der Waals surface area contributed by atoms with Crippen LogP contribution in [0.1, 0.15) is 30.4 Å². The summed E-state index contributed by atoms with van der Waals surface area (Å²) >= 11 is 0. The van der Waals surface area contributed by atoms with Gasteiger partial charge in [-0.25, -0.2) is 8.78 Å². The average Bonchev–Trinajstić information content (AvgIpc) is 2.40. The Morgan fingerprint density at radius 2 is 2.28 bits per heavy atom. The number of hydrogen-bond acceptors (Lipinski definition) is 2. The molecule has 1 saturated heterocycles. The van der Waals surface area contributed by atoms with Crippen molar-refractivity contribution >= 4 is 0 Å². The summed E-state index contributed by atoms with van der Waals surface area (Å²) in [4.78, 5) is 0. The van der Waals surface area contributed by atoms with E-state index in [2.05, 4.69) is 5.32 Å². The molecule has 1 aromatic rings. The first-order valence-corrected chi connectivity index (χ1v) is 6.41. The Morgan fingerprint density at radius 3 is 3.00 bits per heavy atom. The monoisotopic (exact) mass is 255 g/mol. The van der Waals surface area contributed by atoms with Crippen molar-refractivity contribution in [2.75, 3.05) is 19.8 Å². The first-order valence-electron chi connectivity index (χ1n) is 6.41. The number of ether oxygens (including phenoxy) is 1. The maximum Gasteiger partial charge on any atom is 0.263 e. The van der Waals surface area contributed by atoms with Crippen LogP contribution in [0.2, 0.25) is 0 Å². The van der Waals surface area contributed by atoms with Crippen molar-refractivity contribution in [2.45, 2.75) is 25.8 Å². The summed E-state index contributed by atoms with van der Waals surface area (Å²) in [5.74, 6) is 0.553. The van der Waals surface area contributed by atoms with Gasteiger partial charge in [0.15, 0.2) is 0 Å². The Morgan fingerprint density at radius 1 is 1.39 bits per heavy atom. The van der Waals surface area contributed by atoms with Crippen molar-refractivity contribution < 1.29 is 13.5 Å². The Labute approximate surface area is 106 Å². The summed E-state index contributed by atoms with van der Waals surface area (Å²) in [6.45, 7) is 3.20. The van der Waals surface area contributed by atoms with Crippen molar-refractivity contribution in [3.05, 3.63) is 35.4 Å². The third-order valence-electron chi connectivity index (χ3n) is 3.22. The van der Waals surface area contributed by atoms with Gasteiger partial charge in [-0.1, -0.05) is 18.2 Å². The van der Waals surface area contributed by atoms with E-state index in [1.165, 1.54) is 12.5 Å². The first kappa shape index (κ1) is 13.4. The van der Waals surface area contributed by atoms with E-state index in [-0.39, 0.29) is 5.56 Å². The fraction of sp³-hybridized carbons (Fsp3) is 0.571.